The summed E-state index contributed by atoms with van der Waals surface area (Å²) >= 11 is 5.80. The molecule has 0 fully saturated rings. The number of aromatic nitrogens is 2. The molecule has 1 aromatic heterocycles. The summed E-state index contributed by atoms with van der Waals surface area (Å²) in [5, 5.41) is 22.1. The molecule has 21 heavy (non-hydrogen) atoms. The summed E-state index contributed by atoms with van der Waals surface area (Å²) in [5.41, 5.74) is 4.80. The van der Waals surface area contributed by atoms with Gasteiger partial charge in [0.25, 0.3) is 0 Å². The molecule has 0 radical (unpaired) electrons. The minimum absolute atomic E-state index is 0.0441. The number of ether oxygens (including phenoxy) is 1. The van der Waals surface area contributed by atoms with Crippen LogP contribution in [-0.2, 0) is 4.74 Å². The first kappa shape index (κ1) is 17.4. The molecule has 2 atom stereocenters. The van der Waals surface area contributed by atoms with E-state index < -0.39 is 23.9 Å². The number of hydrogen-bond donors (Lipinski definition) is 4. The fourth-order valence-corrected chi connectivity index (χ4v) is 1.65. The van der Waals surface area contributed by atoms with Gasteiger partial charge in [0.1, 0.15) is 23.0 Å². The molecule has 8 nitrogen and oxygen atoms in total. The fourth-order valence-electron chi connectivity index (χ4n) is 1.40. The Morgan fingerprint density at radius 3 is 2.67 bits per heavy atom. The second kappa shape index (κ2) is 6.88. The number of nitrogens with zero attached hydrogens (tertiary/aromatic N) is 2. The number of aliphatic hydroxyl groups is 2. The van der Waals surface area contributed by atoms with Gasteiger partial charge in [-0.25, -0.2) is 14.8 Å². The normalized spacial score (nSPS) is 14.4. The minimum Gasteiger partial charge on any atom is -0.444 e. The SMILES string of the molecule is CC(C)(C)OC(=O)NCC(O)C(O)c1cnc(N)nc1Cl. The number of anilines is 1. The monoisotopic (exact) mass is 318 g/mol. The van der Waals surface area contributed by atoms with Crippen molar-refractivity contribution >= 4 is 23.6 Å². The Hall–Kier alpha value is -1.64. The third kappa shape index (κ3) is 5.70. The first-order valence-corrected chi connectivity index (χ1v) is 6.59. The maximum Gasteiger partial charge on any atom is 0.407 e. The van der Waals surface area contributed by atoms with Crippen LogP contribution >= 0.6 is 11.6 Å². The van der Waals surface area contributed by atoms with Crippen LogP contribution in [0.1, 0.15) is 32.4 Å². The maximum atomic E-state index is 11.4. The van der Waals surface area contributed by atoms with E-state index in [1.165, 1.54) is 6.20 Å². The van der Waals surface area contributed by atoms with Gasteiger partial charge in [-0.2, -0.15) is 0 Å². The van der Waals surface area contributed by atoms with E-state index in [1.807, 2.05) is 0 Å². The van der Waals surface area contributed by atoms with Crippen LogP contribution in [0, 0.1) is 0 Å². The molecule has 0 spiro atoms. The molecule has 118 valence electrons. The average molecular weight is 319 g/mol. The van der Waals surface area contributed by atoms with Crippen molar-refractivity contribution in [1.29, 1.82) is 0 Å². The largest absolute Gasteiger partial charge is 0.444 e. The molecular weight excluding hydrogens is 300 g/mol. The van der Waals surface area contributed by atoms with E-state index in [1.54, 1.807) is 20.8 Å². The number of halogens is 1. The molecule has 9 heteroatoms. The van der Waals surface area contributed by atoms with Crippen molar-refractivity contribution in [2.24, 2.45) is 0 Å². The number of carbonyl (C=O) groups excluding carboxylic acids is 1. The smallest absolute Gasteiger partial charge is 0.407 e. The van der Waals surface area contributed by atoms with E-state index in [4.69, 9.17) is 22.1 Å². The lowest BCUT2D eigenvalue weighted by atomic mass is 10.1. The third-order valence-electron chi connectivity index (χ3n) is 2.32. The zero-order valence-electron chi connectivity index (χ0n) is 12.0. The molecule has 0 aliphatic carbocycles. The van der Waals surface area contributed by atoms with Crippen molar-refractivity contribution in [3.8, 4) is 0 Å². The Kier molecular flexibility index (Phi) is 5.70. The van der Waals surface area contributed by atoms with Gasteiger partial charge in [0.15, 0.2) is 0 Å². The Bertz CT molecular complexity index is 507. The molecule has 1 heterocycles. The van der Waals surface area contributed by atoms with Crippen LogP contribution in [0.5, 0.6) is 0 Å². The summed E-state index contributed by atoms with van der Waals surface area (Å²) in [6.45, 7) is 4.91. The highest BCUT2D eigenvalue weighted by Gasteiger charge is 2.24. The van der Waals surface area contributed by atoms with Crippen molar-refractivity contribution in [3.05, 3.63) is 16.9 Å². The van der Waals surface area contributed by atoms with Crippen molar-refractivity contribution in [2.75, 3.05) is 12.3 Å². The predicted molar refractivity (Wildman–Crippen MR) is 76.7 cm³/mol. The molecular formula is C12H19ClN4O4. The van der Waals surface area contributed by atoms with Crippen LogP contribution in [0.25, 0.3) is 0 Å². The van der Waals surface area contributed by atoms with Crippen LogP contribution in [0.2, 0.25) is 5.15 Å². The van der Waals surface area contributed by atoms with Crippen molar-refractivity contribution in [3.63, 3.8) is 0 Å². The van der Waals surface area contributed by atoms with E-state index in [2.05, 4.69) is 15.3 Å². The van der Waals surface area contributed by atoms with Gasteiger partial charge in [0.05, 0.1) is 0 Å². The van der Waals surface area contributed by atoms with Crippen molar-refractivity contribution in [1.82, 2.24) is 15.3 Å². The molecule has 0 saturated heterocycles. The van der Waals surface area contributed by atoms with Crippen LogP contribution in [0.4, 0.5) is 10.7 Å². The Morgan fingerprint density at radius 1 is 1.52 bits per heavy atom. The van der Waals surface area contributed by atoms with Crippen molar-refractivity contribution < 1.29 is 19.7 Å². The standard InChI is InChI=1S/C12H19ClN4O4/c1-12(2,3)21-11(20)16-5-7(18)8(19)6-4-15-10(14)17-9(6)13/h4,7-8,18-19H,5H2,1-3H3,(H,16,20)(H2,14,15,17). The van der Waals surface area contributed by atoms with Crippen LogP contribution in [0.3, 0.4) is 0 Å². The van der Waals surface area contributed by atoms with Crippen LogP contribution in [0.15, 0.2) is 6.20 Å². The molecule has 1 rings (SSSR count). The number of nitrogen functional groups attached to an aromatic ring is 1. The predicted octanol–water partition coefficient (Wildman–Crippen LogP) is 0.631. The van der Waals surface area contributed by atoms with Crippen LogP contribution < -0.4 is 11.1 Å². The number of nitrogens with one attached hydrogen (secondary N) is 1. The summed E-state index contributed by atoms with van der Waals surface area (Å²) in [6.07, 6.45) is -2.16. The van der Waals surface area contributed by atoms with Gasteiger partial charge in [-0.3, -0.25) is 0 Å². The second-order valence-corrected chi connectivity index (χ2v) is 5.73. The molecule has 0 aliphatic heterocycles. The van der Waals surface area contributed by atoms with E-state index >= 15 is 0 Å². The number of alkyl carbamates (subject to hydrolysis) is 1. The van der Waals surface area contributed by atoms with Crippen molar-refractivity contribution in [2.45, 2.75) is 38.6 Å². The van der Waals surface area contributed by atoms with E-state index in [0.717, 1.165) is 0 Å². The van der Waals surface area contributed by atoms with Gasteiger partial charge in [0, 0.05) is 18.3 Å². The van der Waals surface area contributed by atoms with Gasteiger partial charge < -0.3 is 26.0 Å². The number of amides is 1. The summed E-state index contributed by atoms with van der Waals surface area (Å²) in [4.78, 5) is 18.8. The van der Waals surface area contributed by atoms with E-state index in [-0.39, 0.29) is 23.2 Å². The zero-order chi connectivity index (χ0) is 16.2. The lowest BCUT2D eigenvalue weighted by Gasteiger charge is -2.22. The fraction of sp³-hybridized carbons (Fsp3) is 0.583. The molecule has 1 amide bonds. The van der Waals surface area contributed by atoms with Gasteiger partial charge in [-0.05, 0) is 20.8 Å². The highest BCUT2D eigenvalue weighted by molar-refractivity contribution is 6.30. The molecule has 1 aromatic rings. The Morgan fingerprint density at radius 2 is 2.14 bits per heavy atom. The third-order valence-corrected chi connectivity index (χ3v) is 2.63. The number of nitrogens with two attached hydrogens (primary N) is 1. The average Bonchev–Trinajstić information content (AvgIpc) is 2.33. The Balaban J connectivity index is 2.59. The molecule has 5 N–H and O–H groups in total. The highest BCUT2D eigenvalue weighted by Crippen LogP contribution is 2.23. The lowest BCUT2D eigenvalue weighted by Crippen LogP contribution is -2.39. The molecule has 0 bridgehead atoms. The number of aliphatic hydroxyl groups excluding tert-OH is 2. The van der Waals surface area contributed by atoms with Gasteiger partial charge >= 0.3 is 6.09 Å². The van der Waals surface area contributed by atoms with Gasteiger partial charge in [0.2, 0.25) is 5.95 Å². The molecule has 0 aliphatic rings. The first-order valence-electron chi connectivity index (χ1n) is 6.21. The molecule has 2 unspecified atom stereocenters. The summed E-state index contributed by atoms with van der Waals surface area (Å²) in [6, 6.07) is 0. The van der Waals surface area contributed by atoms with Gasteiger partial charge in [-0.1, -0.05) is 11.6 Å². The number of carbonyl (C=O) groups is 1. The topological polar surface area (TPSA) is 131 Å². The molecule has 0 aromatic carbocycles. The summed E-state index contributed by atoms with van der Waals surface area (Å²) < 4.78 is 5.00. The summed E-state index contributed by atoms with van der Waals surface area (Å²) in [5.74, 6) is -0.0441. The minimum atomic E-state index is -1.37. The van der Waals surface area contributed by atoms with Gasteiger partial charge in [-0.15, -0.1) is 0 Å². The Labute approximate surface area is 127 Å². The summed E-state index contributed by atoms with van der Waals surface area (Å²) in [7, 11) is 0. The number of rotatable bonds is 4. The zero-order valence-corrected chi connectivity index (χ0v) is 12.8. The van der Waals surface area contributed by atoms with Crippen LogP contribution in [-0.4, -0.2) is 44.5 Å². The second-order valence-electron chi connectivity index (χ2n) is 5.37. The first-order chi connectivity index (χ1) is 9.60. The highest BCUT2D eigenvalue weighted by atomic mass is 35.5. The van der Waals surface area contributed by atoms with E-state index in [9.17, 15) is 15.0 Å². The quantitative estimate of drug-likeness (QED) is 0.599. The number of hydrogen-bond acceptors (Lipinski definition) is 7. The lowest BCUT2D eigenvalue weighted by molar-refractivity contribution is 0.0127. The van der Waals surface area contributed by atoms with E-state index in [0.29, 0.717) is 0 Å². The maximum absolute atomic E-state index is 11.4. The molecule has 0 saturated carbocycles.